The van der Waals surface area contributed by atoms with Crippen molar-refractivity contribution in [3.8, 4) is 0 Å². The van der Waals surface area contributed by atoms with Crippen LogP contribution in [0, 0.1) is 5.92 Å². The second-order valence-corrected chi connectivity index (χ2v) is 9.61. The molecule has 0 aromatic rings. The third kappa shape index (κ3) is 3.55. The Hall–Kier alpha value is 0.137. The summed E-state index contributed by atoms with van der Waals surface area (Å²) in [5.41, 5.74) is 0. The van der Waals surface area contributed by atoms with E-state index in [1.54, 1.807) is 0 Å². The lowest BCUT2D eigenvalue weighted by atomic mass is 9.90. The molecule has 0 amide bonds. The summed E-state index contributed by atoms with van der Waals surface area (Å²) in [7, 11) is 1.59. The molecule has 0 unspecified atom stereocenters. The normalized spacial score (nSPS) is 13.4. The van der Waals surface area contributed by atoms with Crippen molar-refractivity contribution in [2.75, 3.05) is 14.2 Å². The third-order valence-electron chi connectivity index (χ3n) is 4.51. The van der Waals surface area contributed by atoms with Gasteiger partial charge < -0.3 is 8.85 Å². The van der Waals surface area contributed by atoms with Gasteiger partial charge in [0.2, 0.25) is 0 Å². The highest BCUT2D eigenvalue weighted by Crippen LogP contribution is 2.50. The first-order chi connectivity index (χ1) is 7.95. The predicted octanol–water partition coefficient (Wildman–Crippen LogP) is 4.74. The minimum atomic E-state index is -2.10. The van der Waals surface area contributed by atoms with Crippen LogP contribution in [0.25, 0.3) is 0 Å². The maximum atomic E-state index is 5.96. The first-order valence-corrected chi connectivity index (χ1v) is 9.08. The van der Waals surface area contributed by atoms with Crippen LogP contribution in [0.3, 0.4) is 0 Å². The average Bonchev–Trinajstić information content (AvgIpc) is 2.32. The molecular weight excluding hydrogens is 228 g/mol. The van der Waals surface area contributed by atoms with Gasteiger partial charge in [-0.1, -0.05) is 60.3 Å². The molecule has 0 atom stereocenters. The summed E-state index contributed by atoms with van der Waals surface area (Å²) in [6.07, 6.45) is 4.83. The number of hydrogen-bond acceptors (Lipinski definition) is 2. The van der Waals surface area contributed by atoms with Crippen LogP contribution in [0.4, 0.5) is 0 Å². The van der Waals surface area contributed by atoms with Crippen molar-refractivity contribution in [3.63, 3.8) is 0 Å². The Balaban J connectivity index is 5.11. The first kappa shape index (κ1) is 17.1. The Bertz CT molecular complexity index is 196. The van der Waals surface area contributed by atoms with Gasteiger partial charge in [0.05, 0.1) is 0 Å². The van der Waals surface area contributed by atoms with Crippen LogP contribution in [0.5, 0.6) is 0 Å². The molecule has 104 valence electrons. The predicted molar refractivity (Wildman–Crippen MR) is 77.6 cm³/mol. The molecule has 0 spiro atoms. The van der Waals surface area contributed by atoms with Crippen molar-refractivity contribution in [2.24, 2.45) is 5.92 Å². The van der Waals surface area contributed by atoms with E-state index >= 15 is 0 Å². The van der Waals surface area contributed by atoms with Crippen LogP contribution in [0.2, 0.25) is 11.1 Å². The lowest BCUT2D eigenvalue weighted by molar-refractivity contribution is 0.178. The van der Waals surface area contributed by atoms with Crippen molar-refractivity contribution in [2.45, 2.75) is 71.4 Å². The fraction of sp³-hybridized carbons (Fsp3) is 1.00. The molecule has 3 heteroatoms. The van der Waals surface area contributed by atoms with Gasteiger partial charge in [0.25, 0.3) is 0 Å². The van der Waals surface area contributed by atoms with Crippen molar-refractivity contribution >= 4 is 8.56 Å². The lowest BCUT2D eigenvalue weighted by Crippen LogP contribution is -2.52. The molecule has 0 saturated carbocycles. The number of rotatable bonds is 9. The highest BCUT2D eigenvalue weighted by Gasteiger charge is 2.53. The molecule has 0 saturated heterocycles. The van der Waals surface area contributed by atoms with Crippen LogP contribution in [-0.2, 0) is 8.85 Å². The van der Waals surface area contributed by atoms with E-state index in [9.17, 15) is 0 Å². The Morgan fingerprint density at radius 1 is 1.00 bits per heavy atom. The van der Waals surface area contributed by atoms with E-state index in [4.69, 9.17) is 8.85 Å². The highest BCUT2D eigenvalue weighted by molar-refractivity contribution is 6.70. The van der Waals surface area contributed by atoms with Gasteiger partial charge in [-0.05, 0) is 12.0 Å². The number of unbranched alkanes of at least 4 members (excludes halogenated alkanes) is 1. The summed E-state index contributed by atoms with van der Waals surface area (Å²) in [5.74, 6) is 0.686. The van der Waals surface area contributed by atoms with Crippen molar-refractivity contribution in [1.82, 2.24) is 0 Å². The molecule has 0 N–H and O–H groups in total. The third-order valence-corrected chi connectivity index (χ3v) is 9.21. The molecule has 0 aliphatic heterocycles. The second-order valence-electron chi connectivity index (χ2n) is 5.50. The summed E-state index contributed by atoms with van der Waals surface area (Å²) in [6, 6.07) is 1.11. The molecule has 0 aromatic carbocycles. The molecule has 0 aromatic heterocycles. The van der Waals surface area contributed by atoms with Gasteiger partial charge in [0.1, 0.15) is 0 Å². The van der Waals surface area contributed by atoms with Crippen molar-refractivity contribution in [3.05, 3.63) is 0 Å². The zero-order chi connectivity index (χ0) is 13.5. The molecule has 0 radical (unpaired) electrons. The minimum Gasteiger partial charge on any atom is -0.397 e. The van der Waals surface area contributed by atoms with Gasteiger partial charge in [-0.25, -0.2) is 0 Å². The average molecular weight is 260 g/mol. The molecule has 0 heterocycles. The monoisotopic (exact) mass is 260 g/mol. The molecule has 0 bridgehead atoms. The quantitative estimate of drug-likeness (QED) is 0.558. The maximum Gasteiger partial charge on any atom is 0.343 e. The van der Waals surface area contributed by atoms with Crippen LogP contribution in [0.15, 0.2) is 0 Å². The lowest BCUT2D eigenvalue weighted by Gasteiger charge is -2.46. The van der Waals surface area contributed by atoms with E-state index in [-0.39, 0.29) is 5.04 Å². The van der Waals surface area contributed by atoms with Gasteiger partial charge in [-0.2, -0.15) is 0 Å². The van der Waals surface area contributed by atoms with E-state index in [0.717, 1.165) is 6.04 Å². The van der Waals surface area contributed by atoms with Crippen molar-refractivity contribution < 1.29 is 8.85 Å². The summed E-state index contributed by atoms with van der Waals surface area (Å²) in [5, 5.41) is 0.176. The van der Waals surface area contributed by atoms with Crippen LogP contribution in [-0.4, -0.2) is 22.8 Å². The second kappa shape index (κ2) is 7.55. The Morgan fingerprint density at radius 2 is 1.47 bits per heavy atom. The molecular formula is C14H32O2Si. The standard InChI is InChI=1S/C14H32O2Si/c1-8-11-12-17(15-6,16-7)14(4,5)13(9-2)10-3/h13H,8-12H2,1-7H3. The summed E-state index contributed by atoms with van der Waals surface area (Å²) in [4.78, 5) is 0. The van der Waals surface area contributed by atoms with Gasteiger partial charge >= 0.3 is 8.56 Å². The smallest absolute Gasteiger partial charge is 0.343 e. The zero-order valence-corrected chi connectivity index (χ0v) is 13.9. The topological polar surface area (TPSA) is 18.5 Å². The van der Waals surface area contributed by atoms with Gasteiger partial charge in [-0.3, -0.25) is 0 Å². The van der Waals surface area contributed by atoms with Gasteiger partial charge in [-0.15, -0.1) is 0 Å². The summed E-state index contributed by atoms with van der Waals surface area (Å²) < 4.78 is 11.9. The van der Waals surface area contributed by atoms with Crippen LogP contribution in [0.1, 0.15) is 60.3 Å². The van der Waals surface area contributed by atoms with E-state index in [2.05, 4.69) is 34.6 Å². The Labute approximate surface area is 109 Å². The minimum absolute atomic E-state index is 0.176. The van der Waals surface area contributed by atoms with E-state index < -0.39 is 8.56 Å². The largest absolute Gasteiger partial charge is 0.397 e. The molecule has 2 nitrogen and oxygen atoms in total. The molecule has 0 aliphatic rings. The van der Waals surface area contributed by atoms with E-state index in [0.29, 0.717) is 5.92 Å². The Morgan fingerprint density at radius 3 is 1.76 bits per heavy atom. The van der Waals surface area contributed by atoms with Crippen LogP contribution < -0.4 is 0 Å². The molecule has 0 rings (SSSR count). The zero-order valence-electron chi connectivity index (χ0n) is 12.9. The summed E-state index contributed by atoms with van der Waals surface area (Å²) >= 11 is 0. The van der Waals surface area contributed by atoms with E-state index in [1.807, 2.05) is 14.2 Å². The SMILES string of the molecule is CCCC[Si](OC)(OC)C(C)(C)C(CC)CC. The first-order valence-electron chi connectivity index (χ1n) is 7.05. The molecule has 0 aliphatic carbocycles. The van der Waals surface area contributed by atoms with Crippen molar-refractivity contribution in [1.29, 1.82) is 0 Å². The summed E-state index contributed by atoms with van der Waals surface area (Å²) in [6.45, 7) is 11.5. The fourth-order valence-corrected chi connectivity index (χ4v) is 7.29. The molecule has 0 fully saturated rings. The van der Waals surface area contributed by atoms with Gasteiger partial charge in [0, 0.05) is 19.3 Å². The number of hydrogen-bond donors (Lipinski definition) is 0. The highest BCUT2D eigenvalue weighted by atomic mass is 28.4. The fourth-order valence-electron chi connectivity index (χ4n) is 3.17. The van der Waals surface area contributed by atoms with Crippen LogP contribution >= 0.6 is 0 Å². The molecule has 17 heavy (non-hydrogen) atoms. The Kier molecular flexibility index (Phi) is 7.61. The maximum absolute atomic E-state index is 5.96. The van der Waals surface area contributed by atoms with Gasteiger partial charge in [0.15, 0.2) is 0 Å². The van der Waals surface area contributed by atoms with E-state index in [1.165, 1.54) is 25.7 Å².